The molecule has 148 valence electrons. The maximum Gasteiger partial charge on any atom is 0.255 e. The summed E-state index contributed by atoms with van der Waals surface area (Å²) < 4.78 is 5.60. The van der Waals surface area contributed by atoms with Crippen LogP contribution in [0, 0.1) is 6.92 Å². The lowest BCUT2D eigenvalue weighted by Gasteiger charge is -2.11. The molecule has 3 rings (SSSR count). The summed E-state index contributed by atoms with van der Waals surface area (Å²) >= 11 is 0. The first-order valence-corrected chi connectivity index (χ1v) is 9.47. The van der Waals surface area contributed by atoms with E-state index in [0.717, 1.165) is 11.3 Å². The van der Waals surface area contributed by atoms with E-state index in [4.69, 9.17) is 4.74 Å². The van der Waals surface area contributed by atoms with Crippen LogP contribution >= 0.6 is 0 Å². The zero-order chi connectivity index (χ0) is 20.8. The third-order valence-corrected chi connectivity index (χ3v) is 4.15. The normalized spacial score (nSPS) is 10.5. The van der Waals surface area contributed by atoms with E-state index >= 15 is 0 Å². The summed E-state index contributed by atoms with van der Waals surface area (Å²) in [5.41, 5.74) is 3.25. The van der Waals surface area contributed by atoms with Crippen molar-refractivity contribution >= 4 is 23.2 Å². The second kappa shape index (κ2) is 9.06. The molecular formula is C24H24N2O3. The van der Waals surface area contributed by atoms with Crippen molar-refractivity contribution < 1.29 is 14.3 Å². The van der Waals surface area contributed by atoms with Gasteiger partial charge >= 0.3 is 0 Å². The molecule has 5 heteroatoms. The van der Waals surface area contributed by atoms with Crippen molar-refractivity contribution in [3.8, 4) is 5.75 Å². The highest BCUT2D eigenvalue weighted by atomic mass is 16.5. The van der Waals surface area contributed by atoms with E-state index in [1.807, 2.05) is 45.0 Å². The smallest absolute Gasteiger partial charge is 0.255 e. The Morgan fingerprint density at radius 2 is 1.34 bits per heavy atom. The van der Waals surface area contributed by atoms with Gasteiger partial charge in [-0.2, -0.15) is 0 Å². The van der Waals surface area contributed by atoms with Crippen LogP contribution in [0.25, 0.3) is 0 Å². The summed E-state index contributed by atoms with van der Waals surface area (Å²) in [6.45, 7) is 5.87. The van der Waals surface area contributed by atoms with Gasteiger partial charge in [-0.15, -0.1) is 0 Å². The minimum absolute atomic E-state index is 0.0872. The molecule has 0 heterocycles. The average molecular weight is 388 g/mol. The molecule has 3 aromatic carbocycles. The van der Waals surface area contributed by atoms with Crippen LogP contribution in [0.4, 0.5) is 11.4 Å². The van der Waals surface area contributed by atoms with Crippen LogP contribution in [0.5, 0.6) is 5.75 Å². The predicted octanol–water partition coefficient (Wildman–Crippen LogP) is 5.29. The van der Waals surface area contributed by atoms with Crippen molar-refractivity contribution in [2.24, 2.45) is 0 Å². The fourth-order valence-corrected chi connectivity index (χ4v) is 2.82. The van der Waals surface area contributed by atoms with E-state index in [0.29, 0.717) is 22.5 Å². The van der Waals surface area contributed by atoms with Crippen molar-refractivity contribution in [3.05, 3.63) is 89.5 Å². The first-order valence-electron chi connectivity index (χ1n) is 9.47. The van der Waals surface area contributed by atoms with Crippen LogP contribution in [0.15, 0.2) is 72.8 Å². The van der Waals surface area contributed by atoms with Gasteiger partial charge in [0, 0.05) is 22.5 Å². The summed E-state index contributed by atoms with van der Waals surface area (Å²) in [7, 11) is 0. The summed E-state index contributed by atoms with van der Waals surface area (Å²) in [4.78, 5) is 25.1. The van der Waals surface area contributed by atoms with E-state index < -0.39 is 0 Å². The van der Waals surface area contributed by atoms with Crippen LogP contribution in [0.2, 0.25) is 0 Å². The molecule has 0 spiro atoms. The number of hydrogen-bond donors (Lipinski definition) is 2. The Hall–Kier alpha value is -3.60. The Balaban J connectivity index is 1.68. The van der Waals surface area contributed by atoms with Crippen LogP contribution in [-0.2, 0) is 0 Å². The Morgan fingerprint density at radius 1 is 0.759 bits per heavy atom. The highest BCUT2D eigenvalue weighted by molar-refractivity contribution is 6.08. The molecule has 0 aliphatic heterocycles. The number of anilines is 2. The molecule has 29 heavy (non-hydrogen) atoms. The number of carbonyl (C=O) groups is 2. The molecule has 0 aliphatic rings. The third kappa shape index (κ3) is 5.69. The van der Waals surface area contributed by atoms with Crippen LogP contribution in [0.3, 0.4) is 0 Å². The van der Waals surface area contributed by atoms with Gasteiger partial charge in [0.15, 0.2) is 0 Å². The van der Waals surface area contributed by atoms with Gasteiger partial charge in [-0.3, -0.25) is 9.59 Å². The maximum atomic E-state index is 12.6. The quantitative estimate of drug-likeness (QED) is 0.603. The lowest BCUT2D eigenvalue weighted by molar-refractivity contribution is 0.102. The highest BCUT2D eigenvalue weighted by Crippen LogP contribution is 2.18. The summed E-state index contributed by atoms with van der Waals surface area (Å²) in [6.07, 6.45) is 0.0872. The molecule has 0 saturated heterocycles. The molecule has 2 N–H and O–H groups in total. The number of ether oxygens (including phenoxy) is 1. The van der Waals surface area contributed by atoms with Crippen molar-refractivity contribution in [3.63, 3.8) is 0 Å². The molecular weight excluding hydrogens is 364 g/mol. The Bertz CT molecular complexity index is 1010. The van der Waals surface area contributed by atoms with Crippen molar-refractivity contribution in [2.75, 3.05) is 10.6 Å². The monoisotopic (exact) mass is 388 g/mol. The first kappa shape index (κ1) is 20.1. The number of rotatable bonds is 6. The van der Waals surface area contributed by atoms with E-state index in [9.17, 15) is 9.59 Å². The van der Waals surface area contributed by atoms with Gasteiger partial charge in [-0.1, -0.05) is 18.2 Å². The molecule has 2 amide bonds. The molecule has 0 saturated carbocycles. The van der Waals surface area contributed by atoms with Gasteiger partial charge in [0.25, 0.3) is 11.8 Å². The largest absolute Gasteiger partial charge is 0.491 e. The Labute approximate surface area is 170 Å². The van der Waals surface area contributed by atoms with Gasteiger partial charge in [-0.25, -0.2) is 0 Å². The van der Waals surface area contributed by atoms with Crippen LogP contribution in [-0.4, -0.2) is 17.9 Å². The van der Waals surface area contributed by atoms with Crippen LogP contribution < -0.4 is 15.4 Å². The number of amides is 2. The van der Waals surface area contributed by atoms with Gasteiger partial charge in [-0.05, 0) is 80.9 Å². The van der Waals surface area contributed by atoms with E-state index in [2.05, 4.69) is 10.6 Å². The highest BCUT2D eigenvalue weighted by Gasteiger charge is 2.11. The standard InChI is InChI=1S/C24H24N2O3/c1-16(2)29-22-12-10-20(11-13-22)25-23(27)18-7-5-8-19(15-18)24(28)26-21-9-4-6-17(3)14-21/h4-16H,1-3H3,(H,25,27)(H,26,28). The van der Waals surface area contributed by atoms with Gasteiger partial charge in [0.1, 0.15) is 5.75 Å². The fourth-order valence-electron chi connectivity index (χ4n) is 2.82. The van der Waals surface area contributed by atoms with Crippen molar-refractivity contribution in [2.45, 2.75) is 26.9 Å². The molecule has 0 unspecified atom stereocenters. The average Bonchev–Trinajstić information content (AvgIpc) is 2.69. The van der Waals surface area contributed by atoms with E-state index in [1.165, 1.54) is 0 Å². The fraction of sp³-hybridized carbons (Fsp3) is 0.167. The number of carbonyl (C=O) groups excluding carboxylic acids is 2. The molecule has 0 atom stereocenters. The summed E-state index contributed by atoms with van der Waals surface area (Å²) in [5.74, 6) is 0.195. The third-order valence-electron chi connectivity index (χ3n) is 4.15. The van der Waals surface area contributed by atoms with Crippen LogP contribution in [0.1, 0.15) is 40.1 Å². The topological polar surface area (TPSA) is 67.4 Å². The molecule has 0 aliphatic carbocycles. The summed E-state index contributed by atoms with van der Waals surface area (Å²) in [6, 6.07) is 21.4. The summed E-state index contributed by atoms with van der Waals surface area (Å²) in [5, 5.41) is 5.69. The number of benzene rings is 3. The zero-order valence-electron chi connectivity index (χ0n) is 16.7. The lowest BCUT2D eigenvalue weighted by atomic mass is 10.1. The first-order chi connectivity index (χ1) is 13.9. The second-order valence-corrected chi connectivity index (χ2v) is 7.05. The lowest BCUT2D eigenvalue weighted by Crippen LogP contribution is -2.15. The number of aryl methyl sites for hydroxylation is 1. The SMILES string of the molecule is Cc1cccc(NC(=O)c2cccc(C(=O)Nc3ccc(OC(C)C)cc3)c2)c1. The van der Waals surface area contributed by atoms with E-state index in [1.54, 1.807) is 48.5 Å². The minimum Gasteiger partial charge on any atom is -0.491 e. The minimum atomic E-state index is -0.285. The van der Waals surface area contributed by atoms with Gasteiger partial charge < -0.3 is 15.4 Å². The van der Waals surface area contributed by atoms with E-state index in [-0.39, 0.29) is 17.9 Å². The second-order valence-electron chi connectivity index (χ2n) is 7.05. The van der Waals surface area contributed by atoms with Gasteiger partial charge in [0.05, 0.1) is 6.10 Å². The maximum absolute atomic E-state index is 12.6. The number of nitrogens with one attached hydrogen (secondary N) is 2. The van der Waals surface area contributed by atoms with Crippen molar-refractivity contribution in [1.82, 2.24) is 0 Å². The zero-order valence-corrected chi connectivity index (χ0v) is 16.7. The van der Waals surface area contributed by atoms with Crippen molar-refractivity contribution in [1.29, 1.82) is 0 Å². The molecule has 0 bridgehead atoms. The number of hydrogen-bond acceptors (Lipinski definition) is 3. The molecule has 0 fully saturated rings. The molecule has 0 radical (unpaired) electrons. The Kier molecular flexibility index (Phi) is 6.29. The molecule has 5 nitrogen and oxygen atoms in total. The molecule has 3 aromatic rings. The Morgan fingerprint density at radius 3 is 1.93 bits per heavy atom. The predicted molar refractivity (Wildman–Crippen MR) is 116 cm³/mol. The molecule has 0 aromatic heterocycles. The van der Waals surface area contributed by atoms with Gasteiger partial charge in [0.2, 0.25) is 0 Å².